The molecule has 8 nitrogen and oxygen atoms in total. The second kappa shape index (κ2) is 11.2. The number of carbonyl (C=O) groups is 2. The number of fused-ring (bicyclic) bond motifs is 1. The molecule has 0 amide bonds. The van der Waals surface area contributed by atoms with Gasteiger partial charge in [-0.05, 0) is 83.1 Å². The van der Waals surface area contributed by atoms with Gasteiger partial charge in [0, 0.05) is 42.8 Å². The Labute approximate surface area is 225 Å². The van der Waals surface area contributed by atoms with Crippen LogP contribution < -0.4 is 4.74 Å². The van der Waals surface area contributed by atoms with Crippen molar-refractivity contribution >= 4 is 23.0 Å². The van der Waals surface area contributed by atoms with Crippen LogP contribution in [0.5, 0.6) is 5.75 Å². The first-order chi connectivity index (χ1) is 18.0. The summed E-state index contributed by atoms with van der Waals surface area (Å²) in [7, 11) is 5.23. The first kappa shape index (κ1) is 27.7. The highest BCUT2D eigenvalue weighted by atomic mass is 16.6. The Kier molecular flexibility index (Phi) is 8.13. The summed E-state index contributed by atoms with van der Waals surface area (Å²) in [6.45, 7) is 11.0. The number of hydrogen-bond acceptors (Lipinski definition) is 7. The number of aryl methyl sites for hydroxylation is 1. The number of carbonyl (C=O) groups excluding carboxylic acids is 2. The smallest absolute Gasteiger partial charge is 0.419 e. The van der Waals surface area contributed by atoms with Crippen LogP contribution in [0.15, 0.2) is 42.6 Å². The van der Waals surface area contributed by atoms with Crippen molar-refractivity contribution in [2.75, 3.05) is 40.9 Å². The third kappa shape index (κ3) is 5.87. The van der Waals surface area contributed by atoms with Crippen LogP contribution in [0.2, 0.25) is 0 Å². The number of ether oxygens (including phenoxy) is 3. The molecule has 0 radical (unpaired) electrons. The van der Waals surface area contributed by atoms with E-state index in [9.17, 15) is 9.59 Å². The second-order valence-corrected chi connectivity index (χ2v) is 11.0. The first-order valence-electron chi connectivity index (χ1n) is 13.0. The van der Waals surface area contributed by atoms with Gasteiger partial charge in [0.05, 0.1) is 25.3 Å². The van der Waals surface area contributed by atoms with Crippen LogP contribution in [0.25, 0.3) is 10.9 Å². The minimum Gasteiger partial charge on any atom is -0.496 e. The quantitative estimate of drug-likeness (QED) is 0.416. The monoisotopic (exact) mass is 521 g/mol. The molecule has 1 aliphatic heterocycles. The number of aromatic nitrogens is 1. The molecular weight excluding hydrogens is 482 g/mol. The van der Waals surface area contributed by atoms with Crippen molar-refractivity contribution in [1.82, 2.24) is 14.4 Å². The van der Waals surface area contributed by atoms with E-state index in [0.717, 1.165) is 59.4 Å². The zero-order chi connectivity index (χ0) is 27.6. The minimum absolute atomic E-state index is 0.114. The summed E-state index contributed by atoms with van der Waals surface area (Å²) >= 11 is 0. The molecule has 0 saturated carbocycles. The number of nitrogens with zero attached hydrogens (tertiary/aromatic N) is 3. The van der Waals surface area contributed by atoms with Crippen molar-refractivity contribution < 1.29 is 23.8 Å². The van der Waals surface area contributed by atoms with Crippen LogP contribution >= 0.6 is 0 Å². The van der Waals surface area contributed by atoms with E-state index in [2.05, 4.69) is 16.8 Å². The van der Waals surface area contributed by atoms with Crippen molar-refractivity contribution in [2.45, 2.75) is 52.3 Å². The fourth-order valence-corrected chi connectivity index (χ4v) is 5.24. The summed E-state index contributed by atoms with van der Waals surface area (Å²) in [6, 6.07) is 11.8. The van der Waals surface area contributed by atoms with Gasteiger partial charge in [-0.1, -0.05) is 12.1 Å². The molecule has 0 spiro atoms. The fraction of sp³-hybridized carbons (Fsp3) is 0.467. The largest absolute Gasteiger partial charge is 0.496 e. The molecule has 3 aromatic rings. The van der Waals surface area contributed by atoms with Gasteiger partial charge in [-0.3, -0.25) is 9.47 Å². The molecule has 1 saturated heterocycles. The van der Waals surface area contributed by atoms with Gasteiger partial charge in [-0.15, -0.1) is 0 Å². The summed E-state index contributed by atoms with van der Waals surface area (Å²) < 4.78 is 18.0. The Morgan fingerprint density at radius 3 is 2.39 bits per heavy atom. The van der Waals surface area contributed by atoms with Crippen LogP contribution in [0.4, 0.5) is 4.79 Å². The van der Waals surface area contributed by atoms with Crippen LogP contribution in [0.1, 0.15) is 60.3 Å². The van der Waals surface area contributed by atoms with E-state index in [0.29, 0.717) is 12.1 Å². The Morgan fingerprint density at radius 1 is 1.05 bits per heavy atom. The minimum atomic E-state index is -0.592. The lowest BCUT2D eigenvalue weighted by Crippen LogP contribution is -2.33. The van der Waals surface area contributed by atoms with Gasteiger partial charge >= 0.3 is 12.1 Å². The molecule has 204 valence electrons. The second-order valence-electron chi connectivity index (χ2n) is 11.0. The third-order valence-electron chi connectivity index (χ3n) is 7.03. The maximum atomic E-state index is 13.0. The molecule has 8 heteroatoms. The van der Waals surface area contributed by atoms with Gasteiger partial charge < -0.3 is 19.1 Å². The van der Waals surface area contributed by atoms with E-state index in [1.807, 2.05) is 64.1 Å². The highest BCUT2D eigenvalue weighted by Crippen LogP contribution is 2.36. The highest BCUT2D eigenvalue weighted by molar-refractivity contribution is 5.95. The number of hydrogen-bond donors (Lipinski definition) is 0. The van der Waals surface area contributed by atoms with E-state index in [4.69, 9.17) is 14.2 Å². The average Bonchev–Trinajstić information content (AvgIpc) is 3.24. The van der Waals surface area contributed by atoms with Crippen LogP contribution in [0.3, 0.4) is 0 Å². The Hall–Kier alpha value is -3.36. The van der Waals surface area contributed by atoms with Crippen molar-refractivity contribution in [3.63, 3.8) is 0 Å². The Morgan fingerprint density at radius 2 is 1.76 bits per heavy atom. The SMILES string of the molecule is COC(=O)c1ccc(C2CN(C)CCCN2Cc2c(OC)cc(C)c3c2ccn3C(=O)OC(C)(C)C)cc1. The third-order valence-corrected chi connectivity index (χ3v) is 7.03. The maximum absolute atomic E-state index is 13.0. The first-order valence-corrected chi connectivity index (χ1v) is 13.0. The summed E-state index contributed by atoms with van der Waals surface area (Å²) in [5.41, 5.74) is 3.90. The van der Waals surface area contributed by atoms with Gasteiger partial charge in [0.15, 0.2) is 0 Å². The Balaban J connectivity index is 1.74. The number of esters is 1. The number of benzene rings is 2. The maximum Gasteiger partial charge on any atom is 0.419 e. The van der Waals surface area contributed by atoms with Gasteiger partial charge in [0.1, 0.15) is 11.4 Å². The van der Waals surface area contributed by atoms with Crippen molar-refractivity contribution in [3.8, 4) is 5.75 Å². The van der Waals surface area contributed by atoms with E-state index in [1.54, 1.807) is 17.9 Å². The lowest BCUT2D eigenvalue weighted by Gasteiger charge is -2.32. The summed E-state index contributed by atoms with van der Waals surface area (Å²) in [4.78, 5) is 29.8. The van der Waals surface area contributed by atoms with E-state index in [-0.39, 0.29) is 12.0 Å². The molecule has 0 N–H and O–H groups in total. The summed E-state index contributed by atoms with van der Waals surface area (Å²) in [5.74, 6) is 0.460. The number of methoxy groups -OCH3 is 2. The van der Waals surface area contributed by atoms with Crippen molar-refractivity contribution in [3.05, 3.63) is 64.8 Å². The molecule has 0 bridgehead atoms. The zero-order valence-corrected chi connectivity index (χ0v) is 23.5. The molecule has 38 heavy (non-hydrogen) atoms. The lowest BCUT2D eigenvalue weighted by molar-refractivity contribution is 0.0542. The van der Waals surface area contributed by atoms with Gasteiger partial charge in [-0.25, -0.2) is 9.59 Å². The fourth-order valence-electron chi connectivity index (χ4n) is 5.24. The van der Waals surface area contributed by atoms with Gasteiger partial charge in [0.25, 0.3) is 0 Å². The number of likely N-dealkylation sites (N-methyl/N-ethyl adjacent to an activating group) is 1. The molecule has 0 aliphatic carbocycles. The van der Waals surface area contributed by atoms with Crippen molar-refractivity contribution in [2.24, 2.45) is 0 Å². The Bertz CT molecular complexity index is 1310. The molecule has 1 aliphatic rings. The molecule has 1 aromatic heterocycles. The predicted molar refractivity (Wildman–Crippen MR) is 148 cm³/mol. The zero-order valence-electron chi connectivity index (χ0n) is 23.5. The molecule has 1 unspecified atom stereocenters. The molecule has 1 fully saturated rings. The predicted octanol–water partition coefficient (Wildman–Crippen LogP) is 5.41. The van der Waals surface area contributed by atoms with Crippen LogP contribution in [-0.2, 0) is 16.0 Å². The summed E-state index contributed by atoms with van der Waals surface area (Å²) in [5, 5.41) is 0.977. The van der Waals surface area contributed by atoms with E-state index >= 15 is 0 Å². The van der Waals surface area contributed by atoms with Crippen LogP contribution in [0, 0.1) is 6.92 Å². The standard InChI is InChI=1S/C30H39N3O5/c1-20-17-26(36-6)24(23-13-16-33(27(20)23)29(35)38-30(2,3)4)18-32-15-8-14-31(5)19-25(32)21-9-11-22(12-10-21)28(34)37-7/h9-13,16-17,25H,8,14-15,18-19H2,1-7H3. The average molecular weight is 522 g/mol. The topological polar surface area (TPSA) is 73.2 Å². The molecule has 1 atom stereocenters. The summed E-state index contributed by atoms with van der Waals surface area (Å²) in [6.07, 6.45) is 2.42. The normalized spacial score (nSPS) is 17.3. The van der Waals surface area contributed by atoms with Gasteiger partial charge in [-0.2, -0.15) is 0 Å². The molecule has 2 aromatic carbocycles. The van der Waals surface area contributed by atoms with E-state index in [1.165, 1.54) is 7.11 Å². The molecule has 2 heterocycles. The van der Waals surface area contributed by atoms with Crippen LogP contribution in [-0.4, -0.2) is 72.9 Å². The highest BCUT2D eigenvalue weighted by Gasteiger charge is 2.28. The van der Waals surface area contributed by atoms with Gasteiger partial charge in [0.2, 0.25) is 0 Å². The molecular formula is C30H39N3O5. The number of rotatable bonds is 5. The lowest BCUT2D eigenvalue weighted by atomic mass is 10.00. The van der Waals surface area contributed by atoms with Crippen molar-refractivity contribution in [1.29, 1.82) is 0 Å². The molecule has 4 rings (SSSR count). The van der Waals surface area contributed by atoms with E-state index < -0.39 is 11.7 Å².